The number of allylic oxidation sites excluding steroid dienone is 6. The fourth-order valence-corrected chi connectivity index (χ4v) is 7.96. The lowest BCUT2D eigenvalue weighted by Gasteiger charge is -2.34. The van der Waals surface area contributed by atoms with Crippen LogP contribution in [0.4, 0.5) is 28.4 Å². The van der Waals surface area contributed by atoms with E-state index in [0.29, 0.717) is 5.82 Å². The van der Waals surface area contributed by atoms with Crippen molar-refractivity contribution in [1.29, 1.82) is 0 Å². The molecule has 2 heterocycles. The SMILES string of the molecule is C\C1=C/C=C\C=C\C(C)(C)c2cc(-c3ccc(N(c4ccccc4)c4ccccc4)cc3)ccc2N1c1cccc(-c2nc(-c3ccccc3)cc(-c3ccccc3)n2)c1. The third-order valence-electron chi connectivity index (χ3n) is 11.1. The van der Waals surface area contributed by atoms with Crippen LogP contribution in [-0.4, -0.2) is 9.97 Å². The van der Waals surface area contributed by atoms with Crippen LogP contribution in [0.3, 0.4) is 0 Å². The van der Waals surface area contributed by atoms with Gasteiger partial charge in [0, 0.05) is 56.2 Å². The van der Waals surface area contributed by atoms with E-state index in [4.69, 9.17) is 9.97 Å². The van der Waals surface area contributed by atoms with E-state index in [1.807, 2.05) is 12.1 Å². The van der Waals surface area contributed by atoms with Crippen LogP contribution in [0.5, 0.6) is 0 Å². The van der Waals surface area contributed by atoms with Crippen LogP contribution in [0.2, 0.25) is 0 Å². The molecule has 1 aliphatic heterocycles. The second-order valence-electron chi connectivity index (χ2n) is 15.6. The van der Waals surface area contributed by atoms with E-state index in [0.717, 1.165) is 73.3 Å². The van der Waals surface area contributed by atoms with E-state index in [9.17, 15) is 0 Å². The van der Waals surface area contributed by atoms with Crippen molar-refractivity contribution in [3.8, 4) is 45.0 Å². The molecule has 290 valence electrons. The van der Waals surface area contributed by atoms with Gasteiger partial charge in [-0.2, -0.15) is 0 Å². The van der Waals surface area contributed by atoms with Crippen LogP contribution >= 0.6 is 0 Å². The lowest BCUT2D eigenvalue weighted by atomic mass is 9.81. The molecular weight excluding hydrogens is 729 g/mol. The predicted molar refractivity (Wildman–Crippen MR) is 252 cm³/mol. The van der Waals surface area contributed by atoms with E-state index < -0.39 is 0 Å². The monoisotopic (exact) mass is 774 g/mol. The molecule has 0 radical (unpaired) electrons. The molecular formula is C56H46N4. The molecule has 4 nitrogen and oxygen atoms in total. The van der Waals surface area contributed by atoms with Gasteiger partial charge in [-0.25, -0.2) is 9.97 Å². The topological polar surface area (TPSA) is 32.3 Å². The van der Waals surface area contributed by atoms with E-state index >= 15 is 0 Å². The van der Waals surface area contributed by atoms with E-state index in [1.165, 1.54) is 5.56 Å². The molecule has 0 bridgehead atoms. The number of aromatic nitrogens is 2. The smallest absolute Gasteiger partial charge is 0.160 e. The van der Waals surface area contributed by atoms with Crippen molar-refractivity contribution in [2.75, 3.05) is 9.80 Å². The molecule has 0 atom stereocenters. The summed E-state index contributed by atoms with van der Waals surface area (Å²) in [5.41, 5.74) is 14.7. The summed E-state index contributed by atoms with van der Waals surface area (Å²) in [7, 11) is 0. The average molecular weight is 775 g/mol. The second-order valence-corrected chi connectivity index (χ2v) is 15.6. The zero-order chi connectivity index (χ0) is 40.9. The normalized spacial score (nSPS) is 15.2. The molecule has 0 spiro atoms. The lowest BCUT2D eigenvalue weighted by molar-refractivity contribution is 0.670. The van der Waals surface area contributed by atoms with Crippen molar-refractivity contribution in [2.24, 2.45) is 0 Å². The molecule has 0 amide bonds. The van der Waals surface area contributed by atoms with Crippen molar-refractivity contribution in [1.82, 2.24) is 9.97 Å². The maximum Gasteiger partial charge on any atom is 0.160 e. The number of rotatable bonds is 8. The zero-order valence-corrected chi connectivity index (χ0v) is 34.2. The number of hydrogen-bond donors (Lipinski definition) is 0. The van der Waals surface area contributed by atoms with Crippen LogP contribution in [0, 0.1) is 0 Å². The van der Waals surface area contributed by atoms with Gasteiger partial charge in [-0.05, 0) is 96.4 Å². The zero-order valence-electron chi connectivity index (χ0n) is 34.2. The van der Waals surface area contributed by atoms with Gasteiger partial charge in [-0.15, -0.1) is 0 Å². The molecule has 7 aromatic carbocycles. The summed E-state index contributed by atoms with van der Waals surface area (Å²) in [6, 6.07) is 68.3. The van der Waals surface area contributed by atoms with Crippen molar-refractivity contribution in [3.63, 3.8) is 0 Å². The molecule has 0 saturated heterocycles. The Hall–Kier alpha value is -7.56. The number of nitrogens with zero attached hydrogens (tertiary/aromatic N) is 4. The minimum absolute atomic E-state index is 0.293. The standard InChI is InChI=1S/C56H46N4/c1-41-20-9-8-18-37-56(2,3)51-39-45(42-31-34-49(35-32-42)60(47-26-14-6-15-27-47)48-28-16-7-17-29-48)33-36-54(51)59(41)50-30-19-25-46(38-50)55-57-52(43-21-10-4-11-22-43)40-53(58-55)44-23-12-5-13-24-44/h4-40H,1-3H3/b9-8-,37-18+,41-20+. The molecule has 0 unspecified atom stereocenters. The number of anilines is 5. The first-order valence-corrected chi connectivity index (χ1v) is 20.5. The van der Waals surface area contributed by atoms with Gasteiger partial charge in [-0.1, -0.05) is 166 Å². The highest BCUT2D eigenvalue weighted by Crippen LogP contribution is 2.43. The van der Waals surface area contributed by atoms with Gasteiger partial charge in [-0.3, -0.25) is 0 Å². The number of fused-ring (bicyclic) bond motifs is 1. The summed E-state index contributed by atoms with van der Waals surface area (Å²) >= 11 is 0. The Bertz CT molecular complexity index is 2730. The van der Waals surface area contributed by atoms with Crippen LogP contribution in [-0.2, 0) is 5.41 Å². The maximum atomic E-state index is 5.16. The largest absolute Gasteiger partial charge is 0.314 e. The van der Waals surface area contributed by atoms with Gasteiger partial charge >= 0.3 is 0 Å². The highest BCUT2D eigenvalue weighted by Gasteiger charge is 2.27. The van der Waals surface area contributed by atoms with Crippen molar-refractivity contribution >= 4 is 28.4 Å². The molecule has 1 aromatic heterocycles. The number of benzene rings is 7. The van der Waals surface area contributed by atoms with Crippen LogP contribution in [0.15, 0.2) is 230 Å². The Labute approximate surface area is 353 Å². The Balaban J connectivity index is 1.13. The van der Waals surface area contributed by atoms with Crippen molar-refractivity contribution < 1.29 is 0 Å². The van der Waals surface area contributed by atoms with Crippen molar-refractivity contribution in [3.05, 3.63) is 236 Å². The quantitative estimate of drug-likeness (QED) is 0.154. The first-order valence-electron chi connectivity index (χ1n) is 20.5. The highest BCUT2D eigenvalue weighted by atomic mass is 15.2. The molecule has 0 N–H and O–H groups in total. The molecule has 1 aliphatic rings. The van der Waals surface area contributed by atoms with E-state index in [1.54, 1.807) is 0 Å². The fourth-order valence-electron chi connectivity index (χ4n) is 7.96. The Morgan fingerprint density at radius 2 is 0.983 bits per heavy atom. The fraction of sp³-hybridized carbons (Fsp3) is 0.0714. The minimum atomic E-state index is -0.293. The van der Waals surface area contributed by atoms with Gasteiger partial charge in [0.2, 0.25) is 0 Å². The average Bonchev–Trinajstić information content (AvgIpc) is 3.30. The number of hydrogen-bond acceptors (Lipinski definition) is 4. The third kappa shape index (κ3) is 7.96. The second kappa shape index (κ2) is 16.7. The molecule has 4 heteroatoms. The summed E-state index contributed by atoms with van der Waals surface area (Å²) in [6.07, 6.45) is 10.9. The molecule has 0 aliphatic carbocycles. The third-order valence-corrected chi connectivity index (χ3v) is 11.1. The Kier molecular flexibility index (Phi) is 10.6. The predicted octanol–water partition coefficient (Wildman–Crippen LogP) is 15.1. The summed E-state index contributed by atoms with van der Waals surface area (Å²) in [6.45, 7) is 6.77. The van der Waals surface area contributed by atoms with Gasteiger partial charge in [0.05, 0.1) is 11.4 Å². The van der Waals surface area contributed by atoms with Gasteiger partial charge in [0.1, 0.15) is 0 Å². The molecule has 9 rings (SSSR count). The summed E-state index contributed by atoms with van der Waals surface area (Å²) in [4.78, 5) is 15.0. The van der Waals surface area contributed by atoms with Gasteiger partial charge < -0.3 is 9.80 Å². The van der Waals surface area contributed by atoms with Gasteiger partial charge in [0.15, 0.2) is 5.82 Å². The highest BCUT2D eigenvalue weighted by molar-refractivity contribution is 5.82. The number of para-hydroxylation sites is 2. The Morgan fingerprint density at radius 1 is 0.450 bits per heavy atom. The van der Waals surface area contributed by atoms with Crippen molar-refractivity contribution in [2.45, 2.75) is 26.2 Å². The molecule has 8 aromatic rings. The summed E-state index contributed by atoms with van der Waals surface area (Å²) < 4.78 is 0. The summed E-state index contributed by atoms with van der Waals surface area (Å²) in [5.74, 6) is 0.681. The van der Waals surface area contributed by atoms with E-state index in [-0.39, 0.29) is 5.41 Å². The minimum Gasteiger partial charge on any atom is -0.314 e. The molecule has 60 heavy (non-hydrogen) atoms. The first kappa shape index (κ1) is 38.0. The first-order chi connectivity index (χ1) is 29.4. The molecule has 0 fully saturated rings. The molecule has 0 saturated carbocycles. The van der Waals surface area contributed by atoms with Crippen LogP contribution in [0.1, 0.15) is 26.3 Å². The lowest BCUT2D eigenvalue weighted by Crippen LogP contribution is -2.22. The maximum absolute atomic E-state index is 5.16. The van der Waals surface area contributed by atoms with Crippen LogP contribution < -0.4 is 9.80 Å². The van der Waals surface area contributed by atoms with E-state index in [2.05, 4.69) is 243 Å². The summed E-state index contributed by atoms with van der Waals surface area (Å²) in [5, 5.41) is 0. The van der Waals surface area contributed by atoms with Crippen LogP contribution in [0.25, 0.3) is 45.0 Å². The van der Waals surface area contributed by atoms with Gasteiger partial charge in [0.25, 0.3) is 0 Å². The Morgan fingerprint density at radius 3 is 1.58 bits per heavy atom.